The number of hydrogen-bond donors (Lipinski definition) is 7. The highest BCUT2D eigenvalue weighted by atomic mass is 19.2. The molecule has 546 valence electrons. The molecule has 8 N–H and O–H groups in total. The maximum Gasteiger partial charge on any atom is 0.305 e. The van der Waals surface area contributed by atoms with E-state index in [9.17, 15) is 59.9 Å². The van der Waals surface area contributed by atoms with Gasteiger partial charge in [-0.25, -0.2) is 30.7 Å². The van der Waals surface area contributed by atoms with E-state index in [-0.39, 0.29) is 52.4 Å². The van der Waals surface area contributed by atoms with Crippen LogP contribution in [0.25, 0.3) is 92.2 Å². The predicted molar refractivity (Wildman–Crippen MR) is 389 cm³/mol. The van der Waals surface area contributed by atoms with Gasteiger partial charge in [0.25, 0.3) is 0 Å². The number of aromatic amines is 2. The number of methoxy groups -OCH3 is 4. The Hall–Kier alpha value is -12.7. The lowest BCUT2D eigenvalue weighted by Crippen LogP contribution is -2.35. The van der Waals surface area contributed by atoms with Crippen molar-refractivity contribution < 1.29 is 73.7 Å². The van der Waals surface area contributed by atoms with Crippen LogP contribution in [0.4, 0.5) is 57.9 Å². The molecule has 2 atom stereocenters. The molecule has 22 nitrogen and oxygen atoms in total. The first-order chi connectivity index (χ1) is 50.9. The van der Waals surface area contributed by atoms with Crippen molar-refractivity contribution in [3.63, 3.8) is 0 Å². The summed E-state index contributed by atoms with van der Waals surface area (Å²) in [7, 11) is 8.91. The number of hydrogen-bond acceptors (Lipinski definition) is 15. The number of nitrogens with two attached hydrogens (primary N) is 1. The van der Waals surface area contributed by atoms with Gasteiger partial charge < -0.3 is 45.7 Å². The highest BCUT2D eigenvalue weighted by Crippen LogP contribution is 2.35. The lowest BCUT2D eigenvalue weighted by Gasteiger charge is -2.12. The van der Waals surface area contributed by atoms with Gasteiger partial charge in [0.15, 0.2) is 46.3 Å². The number of carbonyl (C=O) groups is 2. The Bertz CT molecular complexity index is 5450. The fourth-order valence-electron chi connectivity index (χ4n) is 11.3. The molecule has 30 heteroatoms. The third-order valence-corrected chi connectivity index (χ3v) is 17.1. The van der Waals surface area contributed by atoms with E-state index in [2.05, 4.69) is 46.5 Å². The van der Waals surface area contributed by atoms with Crippen LogP contribution in [-0.4, -0.2) is 109 Å². The Kier molecular flexibility index (Phi) is 23.0. The molecule has 1 saturated carbocycles. The number of carbonyl (C=O) groups excluding carboxylic acids is 2. The molecule has 0 unspecified atom stereocenters. The first-order valence-corrected chi connectivity index (χ1v) is 32.5. The van der Waals surface area contributed by atoms with Crippen LogP contribution >= 0.6 is 0 Å². The SMILES string of the molecule is COc1cc(/C=C/c2n[nH]c3cc(F)c(NC(=O)CC4CC4)cc23)ccc1F.COc1cc(/C=C/c2n[nH]c3cc(F)c(NC(=O)[C@@H]4C[C@@H](O)CN4)cc23)ccc1F.COc1ccc(/C=C/c2nn(C)c3cc(F)c(N)cc23)cc1F.COc1ccc(/C=C/c2nn(C)c3cc(F)c([N+](=O)[O-])cc23)cc1F. The van der Waals surface area contributed by atoms with Crippen LogP contribution < -0.4 is 40.6 Å². The van der Waals surface area contributed by atoms with Crippen LogP contribution in [0.1, 0.15) is 70.7 Å². The molecule has 8 aromatic carbocycles. The van der Waals surface area contributed by atoms with Crippen LogP contribution in [0.15, 0.2) is 121 Å². The van der Waals surface area contributed by atoms with E-state index in [1.807, 2.05) is 0 Å². The number of H-pyrrole nitrogens is 2. The largest absolute Gasteiger partial charge is 0.494 e. The zero-order chi connectivity index (χ0) is 75.6. The van der Waals surface area contributed by atoms with E-state index < -0.39 is 75.2 Å². The van der Waals surface area contributed by atoms with Crippen LogP contribution in [-0.2, 0) is 23.7 Å². The number of nitrogens with one attached hydrogen (secondary N) is 5. The monoisotopic (exact) mass is 1460 g/mol. The number of aliphatic hydroxyl groups excluding tert-OH is 1. The van der Waals surface area contributed by atoms with Crippen LogP contribution in [0.3, 0.4) is 0 Å². The molecule has 0 spiro atoms. The minimum atomic E-state index is -0.923. The lowest BCUT2D eigenvalue weighted by atomic mass is 10.1. The topological polar surface area (TPSA) is 290 Å². The highest BCUT2D eigenvalue weighted by molar-refractivity contribution is 6.00. The number of ether oxygens (including phenoxy) is 4. The van der Waals surface area contributed by atoms with Crippen molar-refractivity contribution in [2.75, 3.05) is 51.4 Å². The van der Waals surface area contributed by atoms with Crippen molar-refractivity contribution in [2.45, 2.75) is 37.8 Å². The fourth-order valence-corrected chi connectivity index (χ4v) is 11.3. The number of nitrogen functional groups attached to an aromatic ring is 1. The quantitative estimate of drug-likeness (QED) is 0.0182. The summed E-state index contributed by atoms with van der Waals surface area (Å²) in [6, 6.07) is 28.3. The Morgan fingerprint density at radius 2 is 0.981 bits per heavy atom. The summed E-state index contributed by atoms with van der Waals surface area (Å²) in [5.41, 5.74) is 12.1. The van der Waals surface area contributed by atoms with Gasteiger partial charge in [-0.2, -0.15) is 24.8 Å². The molecule has 14 rings (SSSR count). The molecular weight excluding hydrogens is 1390 g/mol. The van der Waals surface area contributed by atoms with Gasteiger partial charge >= 0.3 is 5.69 Å². The van der Waals surface area contributed by atoms with Gasteiger partial charge in [0.2, 0.25) is 17.6 Å². The second-order valence-corrected chi connectivity index (χ2v) is 24.4. The van der Waals surface area contributed by atoms with Crippen LogP contribution in [0.2, 0.25) is 0 Å². The molecule has 2 amide bonds. The number of aliphatic hydroxyl groups is 1. The second-order valence-electron chi connectivity index (χ2n) is 24.4. The summed E-state index contributed by atoms with van der Waals surface area (Å²) >= 11 is 0. The molecule has 1 saturated heterocycles. The number of nitro benzene ring substituents is 1. The number of rotatable bonds is 18. The van der Waals surface area contributed by atoms with Gasteiger partial charge in [0.05, 0.1) is 107 Å². The Balaban J connectivity index is 0.000000142. The molecule has 1 aliphatic carbocycles. The fraction of sp³-hybridized carbons (Fsp3) is 0.184. The predicted octanol–water partition coefficient (Wildman–Crippen LogP) is 15.0. The maximum atomic E-state index is 14.4. The number of benzene rings is 8. The first-order valence-electron chi connectivity index (χ1n) is 32.5. The Morgan fingerprint density at radius 3 is 1.42 bits per heavy atom. The number of nitrogens with zero attached hydrogens (tertiary/aromatic N) is 7. The number of anilines is 3. The van der Waals surface area contributed by atoms with E-state index in [1.54, 1.807) is 122 Å². The smallest absolute Gasteiger partial charge is 0.305 e. The molecule has 1 aliphatic heterocycles. The summed E-state index contributed by atoms with van der Waals surface area (Å²) in [6.45, 7) is 0.324. The Labute approximate surface area is 598 Å². The molecule has 2 aliphatic rings. The number of aromatic nitrogens is 8. The number of fused-ring (bicyclic) bond motifs is 4. The Morgan fingerprint density at radius 1 is 0.538 bits per heavy atom. The van der Waals surface area contributed by atoms with Crippen molar-refractivity contribution >= 4 is 127 Å². The third kappa shape index (κ3) is 17.7. The molecule has 2 fully saturated rings. The molecular formula is C76H67F8N13O9. The summed E-state index contributed by atoms with van der Waals surface area (Å²) < 4.78 is 133. The lowest BCUT2D eigenvalue weighted by molar-refractivity contribution is -0.387. The van der Waals surface area contributed by atoms with E-state index in [0.29, 0.717) is 96.6 Å². The number of nitro groups is 1. The summed E-state index contributed by atoms with van der Waals surface area (Å²) in [4.78, 5) is 34.5. The minimum absolute atomic E-state index is 0.0233. The van der Waals surface area contributed by atoms with E-state index in [1.165, 1.54) is 87.7 Å². The molecule has 0 bridgehead atoms. The number of aryl methyl sites for hydroxylation is 2. The standard InChI is InChI=1S/C21H20F2N4O3.C21H19F2N3O2.C17H13F2N3O3.C17H15F2N3O/c1-30-20-6-11(2-4-14(20)22)3-5-16-13-8-18(15(23)9-17(13)27-26-16)25-21(29)19-7-12(28)10-24-19;1-28-20-8-12(4-6-15(20)22)5-7-17-14-10-19(16(23)11-18(14)26-25-17)24-21(27)9-13-2-3-13;1-21-15-9-12(18)16(22(23)24)8-11(15)14(20-21)5-3-10-4-6-17(25-2)13(19)7-10;1-22-16-9-12(18)14(20)8-11(16)15(21-22)5-3-10-4-6-17(23-2)13(19)7-10/h2-6,8-9,12,19,24,28H,7,10H2,1H3,(H,25,29)(H,26,27);4-8,10-11,13H,2-3,9H2,1H3,(H,24,27)(H,25,26);3-9H,1-2H3;3-9H,20H2,1-2H3/b5-3+;7-5+;2*5-3+/t12-,19+;;;/m1.../s1. The van der Waals surface area contributed by atoms with Crippen LogP contribution in [0.5, 0.6) is 23.0 Å². The van der Waals surface area contributed by atoms with E-state index >= 15 is 0 Å². The highest BCUT2D eigenvalue weighted by Gasteiger charge is 2.29. The minimum Gasteiger partial charge on any atom is -0.494 e. The zero-order valence-electron chi connectivity index (χ0n) is 57.4. The van der Waals surface area contributed by atoms with Crippen LogP contribution in [0, 0.1) is 62.6 Å². The number of halogens is 8. The molecule has 0 radical (unpaired) electrons. The van der Waals surface area contributed by atoms with Crippen molar-refractivity contribution in [1.29, 1.82) is 0 Å². The van der Waals surface area contributed by atoms with E-state index in [0.717, 1.165) is 35.9 Å². The normalized spacial score (nSPS) is 14.2. The first kappa shape index (κ1) is 74.5. The van der Waals surface area contributed by atoms with Gasteiger partial charge in [0, 0.05) is 78.9 Å². The summed E-state index contributed by atoms with van der Waals surface area (Å²) in [5.74, 6) is -3.93. The van der Waals surface area contributed by atoms with Crippen molar-refractivity contribution in [2.24, 2.45) is 20.0 Å². The maximum absolute atomic E-state index is 14.4. The second kappa shape index (κ2) is 32.7. The zero-order valence-corrected chi connectivity index (χ0v) is 57.4. The molecule has 106 heavy (non-hydrogen) atoms. The summed E-state index contributed by atoms with van der Waals surface area (Å²) in [6.07, 6.45) is 15.8. The molecule has 4 aromatic heterocycles. The van der Waals surface area contributed by atoms with Gasteiger partial charge in [-0.3, -0.25) is 39.3 Å². The van der Waals surface area contributed by atoms with Gasteiger partial charge in [-0.1, -0.05) is 48.6 Å². The number of β-amino-alcohol motifs (C(OH)–C–C–N with tert-alkyl or cyclic N) is 1. The van der Waals surface area contributed by atoms with E-state index in [4.69, 9.17) is 24.7 Å². The average Bonchev–Trinajstić information content (AvgIpc) is 1.64. The molecule has 12 aromatic rings. The van der Waals surface area contributed by atoms with Crippen molar-refractivity contribution in [1.82, 2.24) is 45.3 Å². The summed E-state index contributed by atoms with van der Waals surface area (Å²) in [5, 5.41) is 53.5. The molecule has 5 heterocycles. The van der Waals surface area contributed by atoms with Gasteiger partial charge in [0.1, 0.15) is 17.5 Å². The average molecular weight is 1460 g/mol. The van der Waals surface area contributed by atoms with Crippen molar-refractivity contribution in [3.8, 4) is 23.0 Å². The third-order valence-electron chi connectivity index (χ3n) is 17.1. The number of amides is 2. The van der Waals surface area contributed by atoms with Crippen molar-refractivity contribution in [3.05, 3.63) is 223 Å². The van der Waals surface area contributed by atoms with Gasteiger partial charge in [-0.05, 0) is 138 Å². The van der Waals surface area contributed by atoms with Gasteiger partial charge in [-0.15, -0.1) is 0 Å².